The van der Waals surface area contributed by atoms with Crippen molar-refractivity contribution in [3.05, 3.63) is 23.8 Å². The minimum absolute atomic E-state index is 0.385. The van der Waals surface area contributed by atoms with E-state index in [1.807, 2.05) is 19.1 Å². The SMILES string of the molecule is CCCCCC(CCCCC)Nc1ccc(C)c(O)c1. The molecule has 114 valence electrons. The van der Waals surface area contributed by atoms with E-state index in [9.17, 15) is 5.11 Å². The van der Waals surface area contributed by atoms with Crippen LogP contribution in [-0.2, 0) is 0 Å². The van der Waals surface area contributed by atoms with Gasteiger partial charge in [-0.2, -0.15) is 0 Å². The highest BCUT2D eigenvalue weighted by atomic mass is 16.3. The Balaban J connectivity index is 2.54. The average Bonchev–Trinajstić information content (AvgIpc) is 2.43. The maximum atomic E-state index is 9.80. The van der Waals surface area contributed by atoms with Gasteiger partial charge in [0.05, 0.1) is 0 Å². The Morgan fingerprint density at radius 3 is 2.10 bits per heavy atom. The summed E-state index contributed by atoms with van der Waals surface area (Å²) in [7, 11) is 0. The summed E-state index contributed by atoms with van der Waals surface area (Å²) in [6, 6.07) is 6.44. The molecule has 0 saturated heterocycles. The van der Waals surface area contributed by atoms with Gasteiger partial charge in [0.25, 0.3) is 0 Å². The van der Waals surface area contributed by atoms with Gasteiger partial charge in [0, 0.05) is 17.8 Å². The number of anilines is 1. The Hall–Kier alpha value is -1.18. The predicted octanol–water partition coefficient (Wildman–Crippen LogP) is 5.64. The second-order valence-electron chi connectivity index (χ2n) is 5.83. The summed E-state index contributed by atoms with van der Waals surface area (Å²) >= 11 is 0. The molecule has 0 fully saturated rings. The zero-order chi connectivity index (χ0) is 14.8. The Kier molecular flexibility index (Phi) is 8.17. The van der Waals surface area contributed by atoms with Crippen LogP contribution in [0.1, 0.15) is 70.8 Å². The molecule has 0 heterocycles. The number of aryl methyl sites for hydroxylation is 1. The summed E-state index contributed by atoms with van der Waals surface area (Å²) in [6.45, 7) is 6.42. The third kappa shape index (κ3) is 6.31. The minimum Gasteiger partial charge on any atom is -0.508 e. The fourth-order valence-corrected chi connectivity index (χ4v) is 2.51. The number of unbranched alkanes of at least 4 members (excludes halogenated alkanes) is 4. The van der Waals surface area contributed by atoms with Gasteiger partial charge in [-0.3, -0.25) is 0 Å². The highest BCUT2D eigenvalue weighted by Crippen LogP contribution is 2.23. The van der Waals surface area contributed by atoms with E-state index in [1.54, 1.807) is 0 Å². The van der Waals surface area contributed by atoms with E-state index in [4.69, 9.17) is 0 Å². The molecule has 1 aromatic rings. The van der Waals surface area contributed by atoms with Crippen molar-refractivity contribution in [3.63, 3.8) is 0 Å². The van der Waals surface area contributed by atoms with E-state index in [0.29, 0.717) is 11.8 Å². The van der Waals surface area contributed by atoms with Gasteiger partial charge in [0.15, 0.2) is 0 Å². The van der Waals surface area contributed by atoms with E-state index < -0.39 is 0 Å². The number of phenols is 1. The monoisotopic (exact) mass is 277 g/mol. The molecule has 0 saturated carbocycles. The van der Waals surface area contributed by atoms with Crippen molar-refractivity contribution in [3.8, 4) is 5.75 Å². The lowest BCUT2D eigenvalue weighted by atomic mass is 10.0. The molecule has 1 rings (SSSR count). The first kappa shape index (κ1) is 16.9. The number of aromatic hydroxyl groups is 1. The normalized spacial score (nSPS) is 11.0. The molecular formula is C18H31NO. The molecule has 0 aliphatic carbocycles. The number of rotatable bonds is 10. The highest BCUT2D eigenvalue weighted by Gasteiger charge is 2.09. The largest absolute Gasteiger partial charge is 0.508 e. The van der Waals surface area contributed by atoms with Crippen LogP contribution in [0, 0.1) is 6.92 Å². The van der Waals surface area contributed by atoms with E-state index in [1.165, 1.54) is 51.4 Å². The summed E-state index contributed by atoms with van der Waals surface area (Å²) in [4.78, 5) is 0. The summed E-state index contributed by atoms with van der Waals surface area (Å²) in [5.74, 6) is 0.385. The molecular weight excluding hydrogens is 246 g/mol. The molecule has 0 radical (unpaired) electrons. The molecule has 0 amide bonds. The van der Waals surface area contributed by atoms with Crippen LogP contribution in [0.5, 0.6) is 5.75 Å². The van der Waals surface area contributed by atoms with Crippen LogP contribution in [0.3, 0.4) is 0 Å². The maximum absolute atomic E-state index is 9.80. The Morgan fingerprint density at radius 1 is 1.00 bits per heavy atom. The lowest BCUT2D eigenvalue weighted by molar-refractivity contribution is 0.471. The van der Waals surface area contributed by atoms with E-state index in [-0.39, 0.29) is 0 Å². The Bertz CT molecular complexity index is 366. The maximum Gasteiger partial charge on any atom is 0.120 e. The fourth-order valence-electron chi connectivity index (χ4n) is 2.51. The van der Waals surface area contributed by atoms with Crippen LogP contribution in [-0.4, -0.2) is 11.1 Å². The molecule has 2 N–H and O–H groups in total. The first-order valence-corrected chi connectivity index (χ1v) is 8.23. The van der Waals surface area contributed by atoms with Gasteiger partial charge >= 0.3 is 0 Å². The van der Waals surface area contributed by atoms with E-state index in [0.717, 1.165) is 11.3 Å². The lowest BCUT2D eigenvalue weighted by Gasteiger charge is -2.20. The van der Waals surface area contributed by atoms with Crippen LogP contribution in [0.4, 0.5) is 5.69 Å². The van der Waals surface area contributed by atoms with Crippen LogP contribution in [0.2, 0.25) is 0 Å². The topological polar surface area (TPSA) is 32.3 Å². The molecule has 1 aromatic carbocycles. The van der Waals surface area contributed by atoms with Gasteiger partial charge in [-0.15, -0.1) is 0 Å². The smallest absolute Gasteiger partial charge is 0.120 e. The number of phenolic OH excluding ortho intramolecular Hbond substituents is 1. The number of hydrogen-bond acceptors (Lipinski definition) is 2. The van der Waals surface area contributed by atoms with Crippen LogP contribution in [0.15, 0.2) is 18.2 Å². The van der Waals surface area contributed by atoms with E-state index >= 15 is 0 Å². The predicted molar refractivity (Wildman–Crippen MR) is 88.5 cm³/mol. The molecule has 0 atom stereocenters. The molecule has 0 unspecified atom stereocenters. The van der Waals surface area contributed by atoms with Gasteiger partial charge in [-0.25, -0.2) is 0 Å². The molecule has 2 heteroatoms. The number of benzene rings is 1. The van der Waals surface area contributed by atoms with Crippen LogP contribution >= 0.6 is 0 Å². The second kappa shape index (κ2) is 9.68. The zero-order valence-electron chi connectivity index (χ0n) is 13.4. The van der Waals surface area contributed by atoms with Crippen molar-refractivity contribution >= 4 is 5.69 Å². The summed E-state index contributed by atoms with van der Waals surface area (Å²) in [6.07, 6.45) is 10.2. The molecule has 20 heavy (non-hydrogen) atoms. The lowest BCUT2D eigenvalue weighted by Crippen LogP contribution is -2.19. The fraction of sp³-hybridized carbons (Fsp3) is 0.667. The van der Waals surface area contributed by atoms with Crippen molar-refractivity contribution in [2.45, 2.75) is 78.2 Å². The minimum atomic E-state index is 0.385. The third-order valence-corrected chi connectivity index (χ3v) is 3.89. The Morgan fingerprint density at radius 2 is 1.60 bits per heavy atom. The van der Waals surface area contributed by atoms with Crippen molar-refractivity contribution < 1.29 is 5.11 Å². The van der Waals surface area contributed by atoms with Gasteiger partial charge in [0.2, 0.25) is 0 Å². The van der Waals surface area contributed by atoms with Gasteiger partial charge < -0.3 is 10.4 Å². The summed E-state index contributed by atoms with van der Waals surface area (Å²) in [5.41, 5.74) is 1.98. The Labute approximate surface area is 124 Å². The quantitative estimate of drug-likeness (QED) is 0.542. The van der Waals surface area contributed by atoms with Crippen LogP contribution < -0.4 is 5.32 Å². The second-order valence-corrected chi connectivity index (χ2v) is 5.83. The summed E-state index contributed by atoms with van der Waals surface area (Å²) in [5, 5.41) is 13.4. The zero-order valence-corrected chi connectivity index (χ0v) is 13.4. The molecule has 0 aromatic heterocycles. The summed E-state index contributed by atoms with van der Waals surface area (Å²) < 4.78 is 0. The van der Waals surface area contributed by atoms with Gasteiger partial charge in [-0.1, -0.05) is 58.4 Å². The van der Waals surface area contributed by atoms with Crippen molar-refractivity contribution in [1.82, 2.24) is 0 Å². The molecule has 2 nitrogen and oxygen atoms in total. The van der Waals surface area contributed by atoms with Crippen molar-refractivity contribution in [2.75, 3.05) is 5.32 Å². The molecule has 0 spiro atoms. The molecule has 0 bridgehead atoms. The van der Waals surface area contributed by atoms with Crippen molar-refractivity contribution in [2.24, 2.45) is 0 Å². The van der Waals surface area contributed by atoms with E-state index in [2.05, 4.69) is 25.2 Å². The molecule has 0 aliphatic heterocycles. The molecule has 0 aliphatic rings. The highest BCUT2D eigenvalue weighted by molar-refractivity contribution is 5.51. The van der Waals surface area contributed by atoms with Crippen LogP contribution in [0.25, 0.3) is 0 Å². The van der Waals surface area contributed by atoms with Crippen molar-refractivity contribution in [1.29, 1.82) is 0 Å². The first-order chi connectivity index (χ1) is 9.67. The van der Waals surface area contributed by atoms with Gasteiger partial charge in [0.1, 0.15) is 5.75 Å². The number of nitrogens with one attached hydrogen (secondary N) is 1. The number of hydrogen-bond donors (Lipinski definition) is 2. The standard InChI is InChI=1S/C18H31NO/c1-4-6-8-10-16(11-9-7-5-2)19-17-13-12-15(3)18(20)14-17/h12-14,16,19-20H,4-11H2,1-3H3. The first-order valence-electron chi connectivity index (χ1n) is 8.23. The van der Waals surface area contributed by atoms with Gasteiger partial charge in [-0.05, 0) is 31.4 Å². The average molecular weight is 277 g/mol. The third-order valence-electron chi connectivity index (χ3n) is 3.89.